The summed E-state index contributed by atoms with van der Waals surface area (Å²) in [6.45, 7) is 2.67. The minimum absolute atomic E-state index is 0.132. The average molecular weight is 304 g/mol. The van der Waals surface area contributed by atoms with Crippen molar-refractivity contribution >= 4 is 52.2 Å². The fraction of sp³-hybridized carbons (Fsp3) is 0.182. The lowest BCUT2D eigenvalue weighted by Gasteiger charge is -2.10. The molecule has 102 valence electrons. The molecule has 0 aliphatic carbocycles. The van der Waals surface area contributed by atoms with E-state index in [1.54, 1.807) is 0 Å². The molecule has 1 amide bonds. The standard InChI is InChI=1S/C11H11Cl2N3O3/c1-5(11(18)19)15-16-10-4-9(14-6(2)17)7(12)3-8(10)13/h3-4,16H,1-2H3,(H,14,17)(H,18,19). The molecule has 3 N–H and O–H groups in total. The van der Waals surface area contributed by atoms with Gasteiger partial charge in [0.05, 0.1) is 21.4 Å². The summed E-state index contributed by atoms with van der Waals surface area (Å²) in [6.07, 6.45) is 0. The first-order valence-corrected chi connectivity index (χ1v) is 5.87. The summed E-state index contributed by atoms with van der Waals surface area (Å²) in [7, 11) is 0. The summed E-state index contributed by atoms with van der Waals surface area (Å²) < 4.78 is 0. The Bertz CT molecular complexity index is 558. The maximum atomic E-state index is 11.0. The Morgan fingerprint density at radius 3 is 2.26 bits per heavy atom. The largest absolute Gasteiger partial charge is 0.477 e. The molecule has 0 fully saturated rings. The van der Waals surface area contributed by atoms with Crippen molar-refractivity contribution in [2.45, 2.75) is 13.8 Å². The molecule has 0 bridgehead atoms. The van der Waals surface area contributed by atoms with Crippen molar-refractivity contribution in [2.75, 3.05) is 10.7 Å². The van der Waals surface area contributed by atoms with E-state index < -0.39 is 5.97 Å². The first-order valence-electron chi connectivity index (χ1n) is 5.11. The number of carbonyl (C=O) groups excluding carboxylic acids is 1. The van der Waals surface area contributed by atoms with Crippen LogP contribution in [0.4, 0.5) is 11.4 Å². The predicted octanol–water partition coefficient (Wildman–Crippen LogP) is 2.82. The smallest absolute Gasteiger partial charge is 0.351 e. The molecule has 0 spiro atoms. The summed E-state index contributed by atoms with van der Waals surface area (Å²) in [5.74, 6) is -1.44. The Labute approximate surface area is 119 Å². The van der Waals surface area contributed by atoms with Crippen molar-refractivity contribution in [3.8, 4) is 0 Å². The van der Waals surface area contributed by atoms with Gasteiger partial charge in [-0.15, -0.1) is 0 Å². The molecule has 19 heavy (non-hydrogen) atoms. The van der Waals surface area contributed by atoms with Crippen LogP contribution in [-0.2, 0) is 9.59 Å². The lowest BCUT2D eigenvalue weighted by molar-refractivity contribution is -0.129. The summed E-state index contributed by atoms with van der Waals surface area (Å²) in [4.78, 5) is 21.6. The molecule has 0 aliphatic rings. The highest BCUT2D eigenvalue weighted by Gasteiger charge is 2.09. The first-order chi connectivity index (χ1) is 8.81. The number of benzene rings is 1. The molecule has 0 radical (unpaired) electrons. The lowest BCUT2D eigenvalue weighted by Crippen LogP contribution is -2.10. The lowest BCUT2D eigenvalue weighted by atomic mass is 10.2. The van der Waals surface area contributed by atoms with Gasteiger partial charge in [-0.3, -0.25) is 10.2 Å². The third-order valence-electron chi connectivity index (χ3n) is 2.02. The van der Waals surface area contributed by atoms with Crippen molar-refractivity contribution < 1.29 is 14.7 Å². The number of rotatable bonds is 4. The second-order valence-electron chi connectivity index (χ2n) is 3.61. The van der Waals surface area contributed by atoms with Crippen molar-refractivity contribution in [1.29, 1.82) is 0 Å². The van der Waals surface area contributed by atoms with Crippen molar-refractivity contribution in [3.05, 3.63) is 22.2 Å². The van der Waals surface area contributed by atoms with Gasteiger partial charge in [0.15, 0.2) is 0 Å². The molecular formula is C11H11Cl2N3O3. The van der Waals surface area contributed by atoms with Crippen molar-refractivity contribution in [2.24, 2.45) is 5.10 Å². The van der Waals surface area contributed by atoms with E-state index in [9.17, 15) is 9.59 Å². The van der Waals surface area contributed by atoms with Gasteiger partial charge in [0.25, 0.3) is 0 Å². The minimum Gasteiger partial charge on any atom is -0.477 e. The molecule has 0 unspecified atom stereocenters. The van der Waals surface area contributed by atoms with Gasteiger partial charge in [-0.25, -0.2) is 4.79 Å². The van der Waals surface area contributed by atoms with E-state index in [4.69, 9.17) is 28.3 Å². The van der Waals surface area contributed by atoms with Gasteiger partial charge >= 0.3 is 5.97 Å². The van der Waals surface area contributed by atoms with Gasteiger partial charge < -0.3 is 10.4 Å². The Balaban J connectivity index is 3.04. The van der Waals surface area contributed by atoms with Gasteiger partial charge in [-0.05, 0) is 19.1 Å². The van der Waals surface area contributed by atoms with E-state index in [-0.39, 0.29) is 21.7 Å². The molecule has 0 aliphatic heterocycles. The number of hydrogen-bond donors (Lipinski definition) is 3. The maximum absolute atomic E-state index is 11.0. The van der Waals surface area contributed by atoms with Crippen LogP contribution in [0.3, 0.4) is 0 Å². The Kier molecular flexibility index (Phi) is 5.14. The van der Waals surface area contributed by atoms with Crippen LogP contribution >= 0.6 is 23.2 Å². The molecular weight excluding hydrogens is 293 g/mol. The molecule has 0 heterocycles. The Morgan fingerprint density at radius 1 is 1.16 bits per heavy atom. The van der Waals surface area contributed by atoms with Crippen LogP contribution in [0.5, 0.6) is 0 Å². The zero-order chi connectivity index (χ0) is 14.6. The topological polar surface area (TPSA) is 90.8 Å². The monoisotopic (exact) mass is 303 g/mol. The van der Waals surface area contributed by atoms with Gasteiger partial charge in [0, 0.05) is 6.92 Å². The van der Waals surface area contributed by atoms with Crippen LogP contribution in [0.1, 0.15) is 13.8 Å². The fourth-order valence-corrected chi connectivity index (χ4v) is 1.58. The Hall–Kier alpha value is -1.79. The number of carboxylic acids is 1. The third-order valence-corrected chi connectivity index (χ3v) is 2.65. The summed E-state index contributed by atoms with van der Waals surface area (Å²) in [5, 5.41) is 15.3. The third kappa shape index (κ3) is 4.42. The molecule has 1 aromatic carbocycles. The number of aliphatic carboxylic acids is 1. The number of carboxylic acid groups (broad SMARTS) is 1. The number of anilines is 2. The van der Waals surface area contributed by atoms with Crippen LogP contribution < -0.4 is 10.7 Å². The molecule has 0 saturated heterocycles. The zero-order valence-electron chi connectivity index (χ0n) is 10.1. The van der Waals surface area contributed by atoms with Gasteiger partial charge in [0.1, 0.15) is 5.71 Å². The number of carbonyl (C=O) groups is 2. The molecule has 1 aromatic rings. The van der Waals surface area contributed by atoms with Crippen molar-refractivity contribution in [3.63, 3.8) is 0 Å². The van der Waals surface area contributed by atoms with Crippen LogP contribution in [0.15, 0.2) is 17.2 Å². The van der Waals surface area contributed by atoms with Gasteiger partial charge in [0.2, 0.25) is 5.91 Å². The highest BCUT2D eigenvalue weighted by atomic mass is 35.5. The van der Waals surface area contributed by atoms with Crippen LogP contribution in [0, 0.1) is 0 Å². The van der Waals surface area contributed by atoms with E-state index in [2.05, 4.69) is 15.8 Å². The zero-order valence-corrected chi connectivity index (χ0v) is 11.6. The Morgan fingerprint density at radius 2 is 1.74 bits per heavy atom. The number of nitrogens with one attached hydrogen (secondary N) is 2. The summed E-state index contributed by atoms with van der Waals surface area (Å²) >= 11 is 11.8. The average Bonchev–Trinajstić information content (AvgIpc) is 2.30. The van der Waals surface area contributed by atoms with E-state index in [0.29, 0.717) is 11.4 Å². The molecule has 0 atom stereocenters. The van der Waals surface area contributed by atoms with Crippen LogP contribution in [0.2, 0.25) is 10.0 Å². The number of hydrogen-bond acceptors (Lipinski definition) is 4. The van der Waals surface area contributed by atoms with Crippen molar-refractivity contribution in [1.82, 2.24) is 0 Å². The SMILES string of the molecule is CC(=O)Nc1cc(NN=C(C)C(=O)O)c(Cl)cc1Cl. The number of amides is 1. The van der Waals surface area contributed by atoms with Crippen LogP contribution in [0.25, 0.3) is 0 Å². The van der Waals surface area contributed by atoms with E-state index in [0.717, 1.165) is 0 Å². The second-order valence-corrected chi connectivity index (χ2v) is 4.42. The normalized spacial score (nSPS) is 11.1. The number of halogens is 2. The van der Waals surface area contributed by atoms with Crippen LogP contribution in [-0.4, -0.2) is 22.7 Å². The molecule has 8 heteroatoms. The van der Waals surface area contributed by atoms with E-state index in [1.165, 1.54) is 26.0 Å². The van der Waals surface area contributed by atoms with E-state index in [1.807, 2.05) is 0 Å². The summed E-state index contributed by atoms with van der Waals surface area (Å²) in [5.41, 5.74) is 3.05. The quantitative estimate of drug-likeness (QED) is 0.589. The molecule has 6 nitrogen and oxygen atoms in total. The van der Waals surface area contributed by atoms with Gasteiger partial charge in [-0.2, -0.15) is 5.10 Å². The first kappa shape index (κ1) is 15.3. The highest BCUT2D eigenvalue weighted by Crippen LogP contribution is 2.32. The van der Waals surface area contributed by atoms with Gasteiger partial charge in [-0.1, -0.05) is 23.2 Å². The van der Waals surface area contributed by atoms with E-state index >= 15 is 0 Å². The molecule has 1 rings (SSSR count). The molecule has 0 saturated carbocycles. The number of hydrazone groups is 1. The fourth-order valence-electron chi connectivity index (χ4n) is 1.11. The summed E-state index contributed by atoms with van der Waals surface area (Å²) in [6, 6.07) is 2.88. The number of nitrogens with zero attached hydrogens (tertiary/aromatic N) is 1. The molecule has 0 aromatic heterocycles. The maximum Gasteiger partial charge on any atom is 0.351 e. The highest BCUT2D eigenvalue weighted by molar-refractivity contribution is 6.38. The predicted molar refractivity (Wildman–Crippen MR) is 75.1 cm³/mol. The second kappa shape index (κ2) is 6.40. The minimum atomic E-state index is -1.15.